The molecule has 0 unspecified atom stereocenters. The number of nitrogens with zero attached hydrogens (tertiary/aromatic N) is 2. The zero-order valence-electron chi connectivity index (χ0n) is 35.3. The molecular formula is C47H48ClN3O10S. The van der Waals surface area contributed by atoms with Crippen LogP contribution in [0.2, 0.25) is 5.02 Å². The number of carbonyl (C=O) groups is 4. The summed E-state index contributed by atoms with van der Waals surface area (Å²) in [5.41, 5.74) is 3.15. The highest BCUT2D eigenvalue weighted by atomic mass is 35.5. The van der Waals surface area contributed by atoms with Gasteiger partial charge in [-0.25, -0.2) is 24.2 Å². The Kier molecular flexibility index (Phi) is 15.3. The van der Waals surface area contributed by atoms with Gasteiger partial charge >= 0.3 is 23.9 Å². The number of aromatic nitrogens is 1. The van der Waals surface area contributed by atoms with Gasteiger partial charge in [-0.1, -0.05) is 42.2 Å². The molecule has 0 saturated heterocycles. The molecule has 0 fully saturated rings. The number of hydrogen-bond acceptors (Lipinski definition) is 14. The highest BCUT2D eigenvalue weighted by Crippen LogP contribution is 2.30. The van der Waals surface area contributed by atoms with Crippen LogP contribution in [0.4, 0.5) is 5.13 Å². The van der Waals surface area contributed by atoms with E-state index >= 15 is 0 Å². The monoisotopic (exact) mass is 881 g/mol. The number of hydrogen-bond donors (Lipinski definition) is 1. The van der Waals surface area contributed by atoms with Gasteiger partial charge in [0.1, 0.15) is 40.7 Å². The first-order valence-electron chi connectivity index (χ1n) is 19.4. The fourth-order valence-electron chi connectivity index (χ4n) is 6.23. The van der Waals surface area contributed by atoms with Gasteiger partial charge in [-0.3, -0.25) is 5.43 Å². The lowest BCUT2D eigenvalue weighted by molar-refractivity contribution is -0.154. The second-order valence-corrected chi connectivity index (χ2v) is 17.3. The lowest BCUT2D eigenvalue weighted by Crippen LogP contribution is -2.40. The Balaban J connectivity index is 1.23. The standard InChI is InChI=1S/C47H48ClN3O10S/c1-9-40(52)60-46(5,6)28-45(3,4)59-36-19-14-31(15-20-36)42(54)56-24-23-30-11-22-38(33(25-30)27-49-51-44-50-37-21-16-34(48)26-39(37)62-44)58-43(55)32-12-17-35(18-13-32)57-29-47(7,8)61-41(53)10-2/h9-22,25-27H,1-2,23-24,28-29H2,3-8H3,(H,50,51)/b49-27+. The third-order valence-electron chi connectivity index (χ3n) is 8.71. The van der Waals surface area contributed by atoms with Gasteiger partial charge in [0.05, 0.1) is 34.2 Å². The van der Waals surface area contributed by atoms with Crippen LogP contribution < -0.4 is 19.6 Å². The molecule has 0 saturated carbocycles. The molecule has 0 aliphatic rings. The van der Waals surface area contributed by atoms with Gasteiger partial charge in [0.15, 0.2) is 0 Å². The minimum atomic E-state index is -0.906. The summed E-state index contributed by atoms with van der Waals surface area (Å²) in [5.74, 6) is -0.987. The molecule has 62 heavy (non-hydrogen) atoms. The van der Waals surface area contributed by atoms with Gasteiger partial charge < -0.3 is 28.4 Å². The van der Waals surface area contributed by atoms with Crippen molar-refractivity contribution in [2.45, 2.75) is 71.2 Å². The lowest BCUT2D eigenvalue weighted by atomic mass is 9.92. The first-order valence-corrected chi connectivity index (χ1v) is 20.6. The molecule has 0 bridgehead atoms. The molecule has 0 spiro atoms. The van der Waals surface area contributed by atoms with E-state index in [2.05, 4.69) is 28.7 Å². The summed E-state index contributed by atoms with van der Waals surface area (Å²) in [4.78, 5) is 54.2. The smallest absolute Gasteiger partial charge is 0.343 e. The fraction of sp³-hybridized carbons (Fsp3) is 0.277. The number of rotatable bonds is 20. The van der Waals surface area contributed by atoms with Crippen molar-refractivity contribution in [2.24, 2.45) is 5.10 Å². The van der Waals surface area contributed by atoms with E-state index in [9.17, 15) is 19.2 Å². The maximum atomic E-state index is 13.3. The molecule has 0 atom stereocenters. The Bertz CT molecular complexity index is 2460. The van der Waals surface area contributed by atoms with Crippen molar-refractivity contribution in [3.8, 4) is 17.2 Å². The van der Waals surface area contributed by atoms with Gasteiger partial charge in [0, 0.05) is 35.6 Å². The van der Waals surface area contributed by atoms with Crippen molar-refractivity contribution in [3.05, 3.63) is 138 Å². The van der Waals surface area contributed by atoms with E-state index in [0.717, 1.165) is 27.9 Å². The summed E-state index contributed by atoms with van der Waals surface area (Å²) in [5, 5.41) is 5.50. The van der Waals surface area contributed by atoms with E-state index in [1.165, 1.54) is 17.6 Å². The lowest BCUT2D eigenvalue weighted by Gasteiger charge is -2.34. The van der Waals surface area contributed by atoms with Gasteiger partial charge in [0.25, 0.3) is 0 Å². The predicted molar refractivity (Wildman–Crippen MR) is 240 cm³/mol. The minimum absolute atomic E-state index is 0.0626. The maximum Gasteiger partial charge on any atom is 0.343 e. The van der Waals surface area contributed by atoms with Crippen LogP contribution in [-0.4, -0.2) is 65.1 Å². The molecule has 1 N–H and O–H groups in total. The molecule has 4 aromatic carbocycles. The largest absolute Gasteiger partial charge is 0.489 e. The Labute approximate surface area is 369 Å². The number of fused-ring (bicyclic) bond motifs is 1. The van der Waals surface area contributed by atoms with Gasteiger partial charge in [-0.2, -0.15) is 5.10 Å². The summed E-state index contributed by atoms with van der Waals surface area (Å²) in [6, 6.07) is 23.5. The number of benzene rings is 4. The van der Waals surface area contributed by atoms with Crippen molar-refractivity contribution in [2.75, 3.05) is 18.6 Å². The van der Waals surface area contributed by atoms with Gasteiger partial charge in [-0.15, -0.1) is 0 Å². The molecular weight excluding hydrogens is 834 g/mol. The average Bonchev–Trinajstić information content (AvgIpc) is 3.62. The molecule has 0 aliphatic carbocycles. The normalized spacial score (nSPS) is 11.7. The number of hydrazone groups is 1. The van der Waals surface area contributed by atoms with Crippen molar-refractivity contribution in [1.82, 2.24) is 4.98 Å². The summed E-state index contributed by atoms with van der Waals surface area (Å²) in [7, 11) is 0. The number of thiazole rings is 1. The third kappa shape index (κ3) is 14.0. The predicted octanol–water partition coefficient (Wildman–Crippen LogP) is 9.96. The molecule has 1 heterocycles. The van der Waals surface area contributed by atoms with Gasteiger partial charge in [0.2, 0.25) is 5.13 Å². The number of halogens is 1. The topological polar surface area (TPSA) is 161 Å². The molecule has 1 aromatic heterocycles. The fourth-order valence-corrected chi connectivity index (χ4v) is 7.32. The van der Waals surface area contributed by atoms with Crippen LogP contribution in [0.3, 0.4) is 0 Å². The van der Waals surface area contributed by atoms with Crippen LogP contribution >= 0.6 is 22.9 Å². The molecule has 324 valence electrons. The summed E-state index contributed by atoms with van der Waals surface area (Å²) in [6.07, 6.45) is 4.46. The summed E-state index contributed by atoms with van der Waals surface area (Å²) < 4.78 is 35.0. The maximum absolute atomic E-state index is 13.3. The van der Waals surface area contributed by atoms with E-state index in [-0.39, 0.29) is 24.5 Å². The van der Waals surface area contributed by atoms with E-state index in [1.54, 1.807) is 100 Å². The zero-order valence-corrected chi connectivity index (χ0v) is 36.9. The Hall–Kier alpha value is -6.51. The summed E-state index contributed by atoms with van der Waals surface area (Å²) >= 11 is 7.52. The summed E-state index contributed by atoms with van der Waals surface area (Å²) in [6.45, 7) is 17.8. The molecule has 0 amide bonds. The van der Waals surface area contributed by atoms with Gasteiger partial charge in [-0.05, 0) is 126 Å². The van der Waals surface area contributed by atoms with Crippen molar-refractivity contribution < 1.29 is 47.6 Å². The van der Waals surface area contributed by atoms with E-state index in [4.69, 9.17) is 40.0 Å². The number of anilines is 1. The quantitative estimate of drug-likeness (QED) is 0.0197. The third-order valence-corrected chi connectivity index (χ3v) is 9.87. The minimum Gasteiger partial charge on any atom is -0.489 e. The number of carbonyl (C=O) groups excluding carboxylic acids is 4. The van der Waals surface area contributed by atoms with Crippen LogP contribution in [0.5, 0.6) is 17.2 Å². The Morgan fingerprint density at radius 2 is 1.40 bits per heavy atom. The van der Waals surface area contributed by atoms with Crippen LogP contribution in [-0.2, 0) is 30.2 Å². The second-order valence-electron chi connectivity index (χ2n) is 15.8. The molecule has 5 rings (SSSR count). The van der Waals surface area contributed by atoms with Crippen LogP contribution in [0.25, 0.3) is 10.2 Å². The van der Waals surface area contributed by atoms with E-state index in [1.807, 2.05) is 26.0 Å². The van der Waals surface area contributed by atoms with Crippen LogP contribution in [0.15, 0.2) is 115 Å². The molecule has 0 aliphatic heterocycles. The molecule has 0 radical (unpaired) electrons. The van der Waals surface area contributed by atoms with E-state index < -0.39 is 40.7 Å². The number of esters is 4. The first kappa shape index (κ1) is 46.6. The average molecular weight is 882 g/mol. The molecule has 13 nitrogen and oxygen atoms in total. The highest BCUT2D eigenvalue weighted by Gasteiger charge is 2.33. The van der Waals surface area contributed by atoms with Crippen molar-refractivity contribution in [3.63, 3.8) is 0 Å². The van der Waals surface area contributed by atoms with Crippen LogP contribution in [0.1, 0.15) is 79.8 Å². The molecule has 5 aromatic rings. The van der Waals surface area contributed by atoms with Crippen molar-refractivity contribution in [1.29, 1.82) is 0 Å². The zero-order chi connectivity index (χ0) is 45.1. The highest BCUT2D eigenvalue weighted by molar-refractivity contribution is 7.22. The Morgan fingerprint density at radius 3 is 2.06 bits per heavy atom. The first-order chi connectivity index (χ1) is 29.3. The van der Waals surface area contributed by atoms with E-state index in [0.29, 0.717) is 45.6 Å². The molecule has 15 heteroatoms. The van der Waals surface area contributed by atoms with Crippen LogP contribution in [0, 0.1) is 0 Å². The second kappa shape index (κ2) is 20.4. The Morgan fingerprint density at radius 1 is 0.774 bits per heavy atom. The number of ether oxygens (including phenoxy) is 6. The SMILES string of the molecule is C=CC(=O)OC(C)(C)COc1ccc(C(=O)Oc2ccc(CCOC(=O)c3ccc(OC(C)(C)CC(C)(C)OC(=O)C=C)cc3)cc2/C=N/Nc2nc3ccc(Cl)cc3s2)cc1. The number of nitrogens with one attached hydrogen (secondary N) is 1. The van der Waals surface area contributed by atoms with Crippen molar-refractivity contribution >= 4 is 68.4 Å².